The van der Waals surface area contributed by atoms with Gasteiger partial charge >= 0.3 is 5.97 Å². The Morgan fingerprint density at radius 1 is 1.38 bits per heavy atom. The highest BCUT2D eigenvalue weighted by molar-refractivity contribution is 5.93. The maximum Gasteiger partial charge on any atom is 0.335 e. The van der Waals surface area contributed by atoms with Gasteiger partial charge in [-0.05, 0) is 38.1 Å². The number of rotatable bonds is 2. The first kappa shape index (κ1) is 10.7. The summed E-state index contributed by atoms with van der Waals surface area (Å²) >= 11 is 0. The van der Waals surface area contributed by atoms with E-state index in [2.05, 4.69) is 0 Å². The Kier molecular flexibility index (Phi) is 2.24. The summed E-state index contributed by atoms with van der Waals surface area (Å²) in [5.41, 5.74) is 6.24. The van der Waals surface area contributed by atoms with E-state index in [-0.39, 0.29) is 5.56 Å². The van der Waals surface area contributed by atoms with Crippen molar-refractivity contribution in [3.05, 3.63) is 35.6 Å². The number of furan rings is 1. The summed E-state index contributed by atoms with van der Waals surface area (Å²) in [6.45, 7) is 3.67. The van der Waals surface area contributed by atoms with Crippen LogP contribution < -0.4 is 5.73 Å². The molecule has 0 fully saturated rings. The first-order valence-corrected chi connectivity index (χ1v) is 4.94. The first-order chi connectivity index (χ1) is 7.38. The molecule has 84 valence electrons. The predicted molar refractivity (Wildman–Crippen MR) is 60.4 cm³/mol. The van der Waals surface area contributed by atoms with E-state index < -0.39 is 11.5 Å². The maximum atomic E-state index is 10.8. The Bertz CT molecular complexity index is 549. The number of nitrogens with two attached hydrogens (primary N) is 1. The van der Waals surface area contributed by atoms with Gasteiger partial charge in [-0.1, -0.05) is 0 Å². The Labute approximate surface area is 92.7 Å². The summed E-state index contributed by atoms with van der Waals surface area (Å²) in [5, 5.41) is 9.61. The van der Waals surface area contributed by atoms with E-state index in [9.17, 15) is 4.79 Å². The molecule has 1 aromatic heterocycles. The van der Waals surface area contributed by atoms with Crippen LogP contribution in [-0.2, 0) is 5.54 Å². The van der Waals surface area contributed by atoms with Crippen LogP contribution in [0.2, 0.25) is 0 Å². The fraction of sp³-hybridized carbons (Fsp3) is 0.250. The second-order valence-corrected chi connectivity index (χ2v) is 4.39. The molecule has 0 atom stereocenters. The van der Waals surface area contributed by atoms with Crippen molar-refractivity contribution < 1.29 is 14.3 Å². The standard InChI is InChI=1S/C12H13NO3/c1-12(2,13)10-6-8-5-7(11(14)15)3-4-9(8)16-10/h3-6H,13H2,1-2H3,(H,14,15). The van der Waals surface area contributed by atoms with E-state index in [0.717, 1.165) is 5.39 Å². The number of aromatic carboxylic acids is 1. The summed E-state index contributed by atoms with van der Waals surface area (Å²) in [5.74, 6) is -0.304. The molecule has 0 aliphatic rings. The lowest BCUT2D eigenvalue weighted by molar-refractivity contribution is 0.0697. The lowest BCUT2D eigenvalue weighted by Gasteiger charge is -2.13. The van der Waals surface area contributed by atoms with Crippen molar-refractivity contribution in [1.82, 2.24) is 0 Å². The lowest BCUT2D eigenvalue weighted by Crippen LogP contribution is -2.27. The molecule has 0 saturated carbocycles. The van der Waals surface area contributed by atoms with Gasteiger partial charge in [-0.2, -0.15) is 0 Å². The molecule has 1 heterocycles. The van der Waals surface area contributed by atoms with Gasteiger partial charge in [-0.3, -0.25) is 0 Å². The third kappa shape index (κ3) is 1.79. The van der Waals surface area contributed by atoms with Crippen LogP contribution in [0.4, 0.5) is 0 Å². The zero-order valence-corrected chi connectivity index (χ0v) is 9.15. The number of hydrogen-bond donors (Lipinski definition) is 2. The second kappa shape index (κ2) is 3.35. The highest BCUT2D eigenvalue weighted by atomic mass is 16.4. The van der Waals surface area contributed by atoms with Crippen molar-refractivity contribution in [2.24, 2.45) is 5.73 Å². The van der Waals surface area contributed by atoms with Gasteiger partial charge in [0, 0.05) is 5.39 Å². The van der Waals surface area contributed by atoms with Crippen LogP contribution in [0.15, 0.2) is 28.7 Å². The number of benzene rings is 1. The number of carbonyl (C=O) groups is 1. The molecule has 1 aromatic carbocycles. The van der Waals surface area contributed by atoms with Crippen molar-refractivity contribution in [3.63, 3.8) is 0 Å². The zero-order chi connectivity index (χ0) is 11.9. The minimum absolute atomic E-state index is 0.245. The van der Waals surface area contributed by atoms with Crippen molar-refractivity contribution >= 4 is 16.9 Å². The van der Waals surface area contributed by atoms with Gasteiger partial charge in [-0.25, -0.2) is 4.79 Å². The summed E-state index contributed by atoms with van der Waals surface area (Å²) in [7, 11) is 0. The van der Waals surface area contributed by atoms with E-state index in [1.54, 1.807) is 18.2 Å². The minimum Gasteiger partial charge on any atom is -0.478 e. The van der Waals surface area contributed by atoms with Crippen LogP contribution >= 0.6 is 0 Å². The third-order valence-electron chi connectivity index (χ3n) is 2.40. The first-order valence-electron chi connectivity index (χ1n) is 4.94. The van der Waals surface area contributed by atoms with Crippen molar-refractivity contribution in [1.29, 1.82) is 0 Å². The zero-order valence-electron chi connectivity index (χ0n) is 9.15. The minimum atomic E-state index is -0.948. The lowest BCUT2D eigenvalue weighted by atomic mass is 10.0. The van der Waals surface area contributed by atoms with Gasteiger partial charge in [-0.15, -0.1) is 0 Å². The molecule has 4 heteroatoms. The van der Waals surface area contributed by atoms with E-state index >= 15 is 0 Å². The Hall–Kier alpha value is -1.81. The number of carboxylic acid groups (broad SMARTS) is 1. The molecule has 16 heavy (non-hydrogen) atoms. The van der Waals surface area contributed by atoms with E-state index in [1.165, 1.54) is 6.07 Å². The Balaban J connectivity index is 2.59. The number of fused-ring (bicyclic) bond motifs is 1. The smallest absolute Gasteiger partial charge is 0.335 e. The maximum absolute atomic E-state index is 10.8. The molecule has 2 aromatic rings. The van der Waals surface area contributed by atoms with Gasteiger partial charge in [0.2, 0.25) is 0 Å². The number of hydrogen-bond acceptors (Lipinski definition) is 3. The quantitative estimate of drug-likeness (QED) is 0.812. The van der Waals surface area contributed by atoms with Crippen LogP contribution in [0.3, 0.4) is 0 Å². The van der Waals surface area contributed by atoms with Gasteiger partial charge in [0.1, 0.15) is 11.3 Å². The fourth-order valence-corrected chi connectivity index (χ4v) is 1.49. The van der Waals surface area contributed by atoms with E-state index in [4.69, 9.17) is 15.3 Å². The average molecular weight is 219 g/mol. The molecular weight excluding hydrogens is 206 g/mol. The topological polar surface area (TPSA) is 76.5 Å². The van der Waals surface area contributed by atoms with Crippen LogP contribution in [-0.4, -0.2) is 11.1 Å². The molecule has 2 rings (SSSR count). The number of carboxylic acids is 1. The normalized spacial score (nSPS) is 11.9. The highest BCUT2D eigenvalue weighted by Crippen LogP contribution is 2.26. The summed E-state index contributed by atoms with van der Waals surface area (Å²) in [6.07, 6.45) is 0. The summed E-state index contributed by atoms with van der Waals surface area (Å²) < 4.78 is 5.55. The molecular formula is C12H13NO3. The molecule has 0 amide bonds. The van der Waals surface area contributed by atoms with Gasteiger partial charge in [0.25, 0.3) is 0 Å². The summed E-state index contributed by atoms with van der Waals surface area (Å²) in [4.78, 5) is 10.8. The Morgan fingerprint density at radius 2 is 2.06 bits per heavy atom. The largest absolute Gasteiger partial charge is 0.478 e. The molecule has 0 spiro atoms. The van der Waals surface area contributed by atoms with Gasteiger partial charge in [0.15, 0.2) is 0 Å². The predicted octanol–water partition coefficient (Wildman–Crippen LogP) is 2.32. The van der Waals surface area contributed by atoms with E-state index in [1.807, 2.05) is 13.8 Å². The molecule has 0 saturated heterocycles. The van der Waals surface area contributed by atoms with Gasteiger partial charge in [0.05, 0.1) is 11.1 Å². The van der Waals surface area contributed by atoms with E-state index in [0.29, 0.717) is 11.3 Å². The van der Waals surface area contributed by atoms with Crippen molar-refractivity contribution in [2.45, 2.75) is 19.4 Å². The molecule has 0 radical (unpaired) electrons. The SMILES string of the molecule is CC(C)(N)c1cc2cc(C(=O)O)ccc2o1. The monoisotopic (exact) mass is 219 g/mol. The molecule has 0 aliphatic carbocycles. The van der Waals surface area contributed by atoms with Crippen LogP contribution in [0.5, 0.6) is 0 Å². The molecule has 0 bridgehead atoms. The highest BCUT2D eigenvalue weighted by Gasteiger charge is 2.19. The molecule has 0 aliphatic heterocycles. The van der Waals surface area contributed by atoms with Crippen molar-refractivity contribution in [2.75, 3.05) is 0 Å². The average Bonchev–Trinajstić information content (AvgIpc) is 2.58. The molecule has 3 N–H and O–H groups in total. The summed E-state index contributed by atoms with van der Waals surface area (Å²) in [6, 6.07) is 6.52. The fourth-order valence-electron chi connectivity index (χ4n) is 1.49. The van der Waals surface area contributed by atoms with Crippen LogP contribution in [0.1, 0.15) is 30.0 Å². The van der Waals surface area contributed by atoms with Crippen LogP contribution in [0.25, 0.3) is 11.0 Å². The molecule has 4 nitrogen and oxygen atoms in total. The second-order valence-electron chi connectivity index (χ2n) is 4.39. The molecule has 0 unspecified atom stereocenters. The third-order valence-corrected chi connectivity index (χ3v) is 2.40. The van der Waals surface area contributed by atoms with Crippen LogP contribution in [0, 0.1) is 0 Å². The van der Waals surface area contributed by atoms with Crippen molar-refractivity contribution in [3.8, 4) is 0 Å². The van der Waals surface area contributed by atoms with Gasteiger partial charge < -0.3 is 15.3 Å². The Morgan fingerprint density at radius 3 is 2.62 bits per heavy atom.